The molecule has 1 aromatic carbocycles. The van der Waals surface area contributed by atoms with Gasteiger partial charge in [0.25, 0.3) is 0 Å². The third-order valence-electron chi connectivity index (χ3n) is 2.63. The number of anilines is 3. The van der Waals surface area contributed by atoms with E-state index < -0.39 is 15.3 Å². The molecule has 0 radical (unpaired) electrons. The Bertz CT molecular complexity index is 774. The van der Waals surface area contributed by atoms with Crippen molar-refractivity contribution < 1.29 is 13.2 Å². The zero-order valence-electron chi connectivity index (χ0n) is 11.2. The number of carbonyl (C=O) groups is 1. The van der Waals surface area contributed by atoms with Gasteiger partial charge in [-0.3, -0.25) is 14.5 Å². The van der Waals surface area contributed by atoms with Crippen molar-refractivity contribution in [2.75, 3.05) is 10.0 Å². The lowest BCUT2D eigenvalue weighted by Gasteiger charge is -2.12. The first-order chi connectivity index (χ1) is 9.88. The van der Waals surface area contributed by atoms with Crippen LogP contribution in [-0.4, -0.2) is 18.6 Å². The normalized spacial score (nSPS) is 10.9. The number of nitrogens with one attached hydrogen (secondary N) is 2. The maximum atomic E-state index is 11.5. The molecule has 2 aromatic rings. The molecule has 0 spiro atoms. The van der Waals surface area contributed by atoms with Gasteiger partial charge in [-0.15, -0.1) is 0 Å². The maximum Gasteiger partial charge on any atom is 0.354 e. The summed E-state index contributed by atoms with van der Waals surface area (Å²) in [6.07, 6.45) is 2.79. The van der Waals surface area contributed by atoms with Gasteiger partial charge < -0.3 is 11.1 Å². The lowest BCUT2D eigenvalue weighted by molar-refractivity contribution is 0.265. The minimum absolute atomic E-state index is 0.137. The van der Waals surface area contributed by atoms with Crippen LogP contribution in [0.4, 0.5) is 21.9 Å². The SMILES string of the molecule is Cc1cccc(Nc2ccncc2NS(=O)(=O)C(N)=O)c1. The lowest BCUT2D eigenvalue weighted by atomic mass is 10.2. The van der Waals surface area contributed by atoms with Gasteiger partial charge in [-0.05, 0) is 30.7 Å². The van der Waals surface area contributed by atoms with Gasteiger partial charge in [0, 0.05) is 11.9 Å². The van der Waals surface area contributed by atoms with E-state index in [0.717, 1.165) is 11.3 Å². The number of nitrogens with zero attached hydrogens (tertiary/aromatic N) is 1. The number of hydrogen-bond donors (Lipinski definition) is 3. The summed E-state index contributed by atoms with van der Waals surface area (Å²) in [5.41, 5.74) is 7.23. The predicted octanol–water partition coefficient (Wildman–Crippen LogP) is 1.95. The molecule has 1 heterocycles. The zero-order chi connectivity index (χ0) is 15.5. The van der Waals surface area contributed by atoms with E-state index in [1.807, 2.05) is 31.2 Å². The number of aromatic nitrogens is 1. The van der Waals surface area contributed by atoms with E-state index in [4.69, 9.17) is 5.73 Å². The quantitative estimate of drug-likeness (QED) is 0.798. The number of benzene rings is 1. The summed E-state index contributed by atoms with van der Waals surface area (Å²) in [6, 6.07) is 9.12. The molecule has 21 heavy (non-hydrogen) atoms. The van der Waals surface area contributed by atoms with Gasteiger partial charge in [0.2, 0.25) is 0 Å². The smallest absolute Gasteiger partial charge is 0.354 e. The molecule has 0 aliphatic carbocycles. The van der Waals surface area contributed by atoms with Crippen LogP contribution in [0.2, 0.25) is 0 Å². The number of sulfonamides is 1. The van der Waals surface area contributed by atoms with E-state index in [9.17, 15) is 13.2 Å². The molecule has 0 saturated heterocycles. The number of rotatable bonds is 4. The summed E-state index contributed by atoms with van der Waals surface area (Å²) in [7, 11) is -4.27. The number of pyridine rings is 1. The van der Waals surface area contributed by atoms with E-state index in [1.165, 1.54) is 12.4 Å². The van der Waals surface area contributed by atoms with Crippen LogP contribution in [0.1, 0.15) is 5.56 Å². The molecule has 2 rings (SSSR count). The molecular weight excluding hydrogens is 292 g/mol. The van der Waals surface area contributed by atoms with Crippen molar-refractivity contribution in [3.05, 3.63) is 48.3 Å². The van der Waals surface area contributed by atoms with E-state index in [-0.39, 0.29) is 5.69 Å². The minimum Gasteiger partial charge on any atom is -0.355 e. The van der Waals surface area contributed by atoms with Crippen LogP contribution in [0.15, 0.2) is 42.7 Å². The Morgan fingerprint density at radius 1 is 1.24 bits per heavy atom. The molecule has 8 heteroatoms. The highest BCUT2D eigenvalue weighted by Crippen LogP contribution is 2.25. The Balaban J connectivity index is 2.31. The summed E-state index contributed by atoms with van der Waals surface area (Å²) >= 11 is 0. The number of nitrogens with two attached hydrogens (primary N) is 1. The Morgan fingerprint density at radius 3 is 2.67 bits per heavy atom. The number of primary amides is 1. The van der Waals surface area contributed by atoms with Crippen molar-refractivity contribution >= 4 is 32.3 Å². The molecule has 4 N–H and O–H groups in total. The van der Waals surface area contributed by atoms with E-state index in [0.29, 0.717) is 5.69 Å². The van der Waals surface area contributed by atoms with Gasteiger partial charge in [0.05, 0.1) is 17.6 Å². The molecular formula is C13H14N4O3S. The first kappa shape index (κ1) is 14.8. The van der Waals surface area contributed by atoms with Crippen LogP contribution >= 0.6 is 0 Å². The Labute approximate surface area is 122 Å². The Morgan fingerprint density at radius 2 is 2.00 bits per heavy atom. The monoisotopic (exact) mass is 306 g/mol. The zero-order valence-corrected chi connectivity index (χ0v) is 12.0. The molecule has 7 nitrogen and oxygen atoms in total. The first-order valence-corrected chi connectivity index (χ1v) is 7.47. The summed E-state index contributed by atoms with van der Waals surface area (Å²) in [5.74, 6) is 0. The summed E-state index contributed by atoms with van der Waals surface area (Å²) in [5, 5.41) is 1.60. The molecule has 0 aliphatic heterocycles. The lowest BCUT2D eigenvalue weighted by Crippen LogP contribution is -2.28. The van der Waals surface area contributed by atoms with Crippen molar-refractivity contribution in [3.63, 3.8) is 0 Å². The second-order valence-corrected chi connectivity index (χ2v) is 5.95. The average Bonchev–Trinajstić information content (AvgIpc) is 2.40. The maximum absolute atomic E-state index is 11.5. The predicted molar refractivity (Wildman–Crippen MR) is 80.8 cm³/mol. The van der Waals surface area contributed by atoms with Gasteiger partial charge >= 0.3 is 15.3 Å². The van der Waals surface area contributed by atoms with Crippen LogP contribution < -0.4 is 15.8 Å². The third kappa shape index (κ3) is 3.69. The second-order valence-electron chi connectivity index (χ2n) is 4.34. The Kier molecular flexibility index (Phi) is 4.08. The van der Waals surface area contributed by atoms with Crippen molar-refractivity contribution in [1.29, 1.82) is 0 Å². The fourth-order valence-corrected chi connectivity index (χ4v) is 2.21. The number of carbonyl (C=O) groups excluding carboxylic acids is 1. The first-order valence-electron chi connectivity index (χ1n) is 5.98. The largest absolute Gasteiger partial charge is 0.355 e. The van der Waals surface area contributed by atoms with Crippen molar-refractivity contribution in [1.82, 2.24) is 4.98 Å². The molecule has 0 atom stereocenters. The summed E-state index contributed by atoms with van der Waals surface area (Å²) < 4.78 is 25.1. The van der Waals surface area contributed by atoms with Gasteiger partial charge in [-0.25, -0.2) is 0 Å². The number of hydrogen-bond acceptors (Lipinski definition) is 5. The molecule has 1 aromatic heterocycles. The summed E-state index contributed by atoms with van der Waals surface area (Å²) in [4.78, 5) is 14.7. The standard InChI is InChI=1S/C13H14N4O3S/c1-9-3-2-4-10(7-9)16-11-5-6-15-8-12(11)17-21(19,20)13(14)18/h2-8,17H,1H3,(H2,14,18)(H,15,16). The van der Waals surface area contributed by atoms with Crippen LogP contribution in [0.3, 0.4) is 0 Å². The molecule has 0 fully saturated rings. The van der Waals surface area contributed by atoms with Crippen molar-refractivity contribution in [2.24, 2.45) is 5.73 Å². The number of aryl methyl sites for hydroxylation is 1. The van der Waals surface area contributed by atoms with Crippen molar-refractivity contribution in [3.8, 4) is 0 Å². The van der Waals surface area contributed by atoms with Crippen LogP contribution in [0, 0.1) is 6.92 Å². The van der Waals surface area contributed by atoms with Gasteiger partial charge in [0.1, 0.15) is 0 Å². The second kappa shape index (κ2) is 5.80. The molecule has 1 amide bonds. The van der Waals surface area contributed by atoms with E-state index in [1.54, 1.807) is 6.07 Å². The minimum atomic E-state index is -4.27. The van der Waals surface area contributed by atoms with E-state index >= 15 is 0 Å². The fraction of sp³-hybridized carbons (Fsp3) is 0.0769. The fourth-order valence-electron chi connectivity index (χ4n) is 1.66. The molecule has 0 saturated carbocycles. The highest BCUT2D eigenvalue weighted by molar-refractivity contribution is 8.07. The van der Waals surface area contributed by atoms with Gasteiger partial charge in [0.15, 0.2) is 0 Å². The molecule has 0 aliphatic rings. The van der Waals surface area contributed by atoms with Crippen LogP contribution in [0.5, 0.6) is 0 Å². The average molecular weight is 306 g/mol. The molecule has 110 valence electrons. The Hall–Kier alpha value is -2.61. The highest BCUT2D eigenvalue weighted by Gasteiger charge is 2.19. The highest BCUT2D eigenvalue weighted by atomic mass is 32.2. The van der Waals surface area contributed by atoms with Gasteiger partial charge in [-0.2, -0.15) is 8.42 Å². The van der Waals surface area contributed by atoms with E-state index in [2.05, 4.69) is 15.0 Å². The molecule has 0 unspecified atom stereocenters. The van der Waals surface area contributed by atoms with Crippen molar-refractivity contribution in [2.45, 2.75) is 6.92 Å². The summed E-state index contributed by atoms with van der Waals surface area (Å²) in [6.45, 7) is 1.94. The number of amides is 1. The van der Waals surface area contributed by atoms with Gasteiger partial charge in [-0.1, -0.05) is 12.1 Å². The topological polar surface area (TPSA) is 114 Å². The third-order valence-corrected chi connectivity index (χ3v) is 3.65. The van der Waals surface area contributed by atoms with Crippen LogP contribution in [-0.2, 0) is 10.0 Å². The molecule has 0 bridgehead atoms. The van der Waals surface area contributed by atoms with Crippen LogP contribution in [0.25, 0.3) is 0 Å².